The lowest BCUT2D eigenvalue weighted by atomic mass is 9.59. The van der Waals surface area contributed by atoms with Crippen LogP contribution in [0.1, 0.15) is 112 Å². The standard InChI is InChI=1S/C36H57F4N3O7/c1-9-48-29(46)41-23-33(7)18-25(17-31(3,4)21-33)27(44)11-14-36(39,40)50-16-15-35(37,38)13-12-28(45)43-26-19-32(5,6)22-34(8,20-26)24-42-30(47)49-10-2/h9-10,25-26H,1-2,11-24H2,3-8H3,(H,41,46)(H,42,47)(H,43,45). The number of amides is 3. The van der Waals surface area contributed by atoms with Gasteiger partial charge < -0.3 is 30.2 Å². The van der Waals surface area contributed by atoms with Crippen molar-refractivity contribution in [2.45, 2.75) is 130 Å². The Hall–Kier alpha value is -3.16. The van der Waals surface area contributed by atoms with E-state index in [0.717, 1.165) is 18.9 Å². The number of rotatable bonds is 18. The van der Waals surface area contributed by atoms with Crippen molar-refractivity contribution < 1.29 is 51.0 Å². The largest absolute Gasteiger partial charge is 0.419 e. The monoisotopic (exact) mass is 719 g/mol. The summed E-state index contributed by atoms with van der Waals surface area (Å²) >= 11 is 0. The van der Waals surface area contributed by atoms with Crippen molar-refractivity contribution in [1.29, 1.82) is 0 Å². The molecule has 4 atom stereocenters. The highest BCUT2D eigenvalue weighted by molar-refractivity contribution is 5.81. The van der Waals surface area contributed by atoms with E-state index in [-0.39, 0.29) is 41.2 Å². The summed E-state index contributed by atoms with van der Waals surface area (Å²) in [4.78, 5) is 49.2. The van der Waals surface area contributed by atoms with Crippen molar-refractivity contribution >= 4 is 23.9 Å². The highest BCUT2D eigenvalue weighted by Gasteiger charge is 2.45. The molecule has 0 radical (unpaired) electrons. The second-order valence-electron chi connectivity index (χ2n) is 16.5. The van der Waals surface area contributed by atoms with E-state index in [1.807, 2.05) is 41.5 Å². The SMILES string of the molecule is C=COC(=O)NCC1(C)CC(NC(=O)CCC(F)(F)CCOC(F)(F)CCC(=O)C2CC(C)(C)CC(C)(CNC(=O)OC=C)C2)CC(C)(C)C1. The number of carbonyl (C=O) groups excluding carboxylic acids is 4. The van der Waals surface area contributed by atoms with Gasteiger partial charge in [0, 0.05) is 57.2 Å². The van der Waals surface area contributed by atoms with Gasteiger partial charge in [-0.25, -0.2) is 18.4 Å². The number of Topliss-reactive ketones (excluding diaryl/α,β-unsaturated/α-hetero) is 1. The molecule has 0 saturated heterocycles. The molecule has 0 aromatic heterocycles. The summed E-state index contributed by atoms with van der Waals surface area (Å²) in [7, 11) is 0. The van der Waals surface area contributed by atoms with Crippen LogP contribution in [0, 0.1) is 27.6 Å². The lowest BCUT2D eigenvalue weighted by Crippen LogP contribution is -2.50. The molecule has 2 fully saturated rings. The third kappa shape index (κ3) is 15.4. The topological polar surface area (TPSA) is 132 Å². The molecule has 2 saturated carbocycles. The van der Waals surface area contributed by atoms with E-state index in [4.69, 9.17) is 4.74 Å². The summed E-state index contributed by atoms with van der Waals surface area (Å²) in [6, 6.07) is -0.307. The summed E-state index contributed by atoms with van der Waals surface area (Å²) in [5.41, 5.74) is -1.34. The van der Waals surface area contributed by atoms with Gasteiger partial charge in [-0.1, -0.05) is 54.7 Å². The molecule has 286 valence electrons. The van der Waals surface area contributed by atoms with Crippen molar-refractivity contribution in [2.24, 2.45) is 27.6 Å². The van der Waals surface area contributed by atoms with E-state index in [9.17, 15) is 36.7 Å². The highest BCUT2D eigenvalue weighted by Crippen LogP contribution is 2.49. The first kappa shape index (κ1) is 43.0. The lowest BCUT2D eigenvalue weighted by molar-refractivity contribution is -0.248. The maximum absolute atomic E-state index is 14.6. The van der Waals surface area contributed by atoms with Gasteiger partial charge in [0.2, 0.25) is 5.91 Å². The number of hydrogen-bond acceptors (Lipinski definition) is 7. The highest BCUT2D eigenvalue weighted by atomic mass is 19.3. The Morgan fingerprint density at radius 3 is 1.80 bits per heavy atom. The molecule has 4 unspecified atom stereocenters. The molecule has 0 aliphatic heterocycles. The van der Waals surface area contributed by atoms with Crippen LogP contribution in [0.3, 0.4) is 0 Å². The van der Waals surface area contributed by atoms with Crippen molar-refractivity contribution in [3.05, 3.63) is 25.7 Å². The van der Waals surface area contributed by atoms with Crippen LogP contribution >= 0.6 is 0 Å². The zero-order valence-corrected chi connectivity index (χ0v) is 30.5. The predicted octanol–water partition coefficient (Wildman–Crippen LogP) is 8.02. The molecule has 14 heteroatoms. The Morgan fingerprint density at radius 1 is 0.740 bits per heavy atom. The fourth-order valence-electron chi connectivity index (χ4n) is 8.29. The smallest absolute Gasteiger partial charge is 0.412 e. The van der Waals surface area contributed by atoms with Gasteiger partial charge in [0.25, 0.3) is 5.92 Å². The van der Waals surface area contributed by atoms with Gasteiger partial charge in [0.1, 0.15) is 5.78 Å². The van der Waals surface area contributed by atoms with Crippen molar-refractivity contribution in [3.8, 4) is 0 Å². The zero-order valence-electron chi connectivity index (χ0n) is 30.5. The molecule has 0 aromatic carbocycles. The minimum atomic E-state index is -3.79. The molecule has 0 bridgehead atoms. The van der Waals surface area contributed by atoms with Crippen molar-refractivity contribution in [1.82, 2.24) is 16.0 Å². The van der Waals surface area contributed by atoms with Crippen LogP contribution in [0.15, 0.2) is 25.7 Å². The quantitative estimate of drug-likeness (QED) is 0.0966. The first-order valence-electron chi connectivity index (χ1n) is 17.2. The predicted molar refractivity (Wildman–Crippen MR) is 180 cm³/mol. The van der Waals surface area contributed by atoms with E-state index >= 15 is 0 Å². The summed E-state index contributed by atoms with van der Waals surface area (Å²) in [5, 5.41) is 8.16. The first-order chi connectivity index (χ1) is 22.9. The summed E-state index contributed by atoms with van der Waals surface area (Å²) < 4.78 is 72.3. The fraction of sp³-hybridized carbons (Fsp3) is 0.778. The second kappa shape index (κ2) is 17.4. The Balaban J connectivity index is 1.81. The third-order valence-corrected chi connectivity index (χ3v) is 9.57. The van der Waals surface area contributed by atoms with E-state index < -0.39 is 80.2 Å². The average molecular weight is 720 g/mol. The van der Waals surface area contributed by atoms with Gasteiger partial charge in [0.05, 0.1) is 19.1 Å². The Kier molecular flexibility index (Phi) is 14.9. The van der Waals surface area contributed by atoms with Crippen molar-refractivity contribution in [2.75, 3.05) is 19.7 Å². The Labute approximate surface area is 293 Å². The van der Waals surface area contributed by atoms with Crippen LogP contribution in [0.4, 0.5) is 27.2 Å². The lowest BCUT2D eigenvalue weighted by Gasteiger charge is -2.46. The van der Waals surface area contributed by atoms with E-state index in [0.29, 0.717) is 32.1 Å². The summed E-state index contributed by atoms with van der Waals surface area (Å²) in [6.45, 7) is 18.1. The minimum absolute atomic E-state index is 0.195. The number of nitrogens with one attached hydrogen (secondary N) is 3. The molecule has 2 aliphatic carbocycles. The van der Waals surface area contributed by atoms with Crippen LogP contribution in [0.25, 0.3) is 0 Å². The van der Waals surface area contributed by atoms with Crippen LogP contribution in [-0.2, 0) is 23.8 Å². The van der Waals surface area contributed by atoms with Crippen LogP contribution in [0.2, 0.25) is 0 Å². The van der Waals surface area contributed by atoms with Gasteiger partial charge >= 0.3 is 18.3 Å². The third-order valence-electron chi connectivity index (χ3n) is 9.57. The number of halogens is 4. The molecule has 10 nitrogen and oxygen atoms in total. The minimum Gasteiger partial charge on any atom is -0.419 e. The van der Waals surface area contributed by atoms with Gasteiger partial charge in [-0.3, -0.25) is 9.59 Å². The molecular formula is C36H57F4N3O7. The molecule has 0 spiro atoms. The zero-order chi connectivity index (χ0) is 38.0. The second-order valence-corrected chi connectivity index (χ2v) is 16.5. The molecule has 2 aliphatic rings. The number of hydrogen-bond donors (Lipinski definition) is 3. The molecule has 2 rings (SSSR count). The van der Waals surface area contributed by atoms with Crippen LogP contribution in [-0.4, -0.2) is 61.6 Å². The van der Waals surface area contributed by atoms with Crippen LogP contribution in [0.5, 0.6) is 0 Å². The van der Waals surface area contributed by atoms with Crippen LogP contribution < -0.4 is 16.0 Å². The van der Waals surface area contributed by atoms with Gasteiger partial charge in [-0.15, -0.1) is 0 Å². The maximum atomic E-state index is 14.6. The molecule has 50 heavy (non-hydrogen) atoms. The Morgan fingerprint density at radius 2 is 1.26 bits per heavy atom. The van der Waals surface area contributed by atoms with Gasteiger partial charge in [0.15, 0.2) is 0 Å². The number of ketones is 1. The molecular weight excluding hydrogens is 662 g/mol. The molecule has 0 heterocycles. The molecule has 3 amide bonds. The van der Waals surface area contributed by atoms with Gasteiger partial charge in [-0.05, 0) is 60.2 Å². The van der Waals surface area contributed by atoms with E-state index in [2.05, 4.69) is 38.6 Å². The fourth-order valence-corrected chi connectivity index (χ4v) is 8.29. The molecule has 3 N–H and O–H groups in total. The molecule has 0 aromatic rings. The first-order valence-corrected chi connectivity index (χ1v) is 17.2. The van der Waals surface area contributed by atoms with Crippen molar-refractivity contribution in [3.63, 3.8) is 0 Å². The number of alkyl carbamates (subject to hydrolysis) is 2. The number of ether oxygens (including phenoxy) is 3. The van der Waals surface area contributed by atoms with Gasteiger partial charge in [-0.2, -0.15) is 8.78 Å². The summed E-state index contributed by atoms with van der Waals surface area (Å²) in [5.74, 6) is -4.89. The number of alkyl halides is 4. The normalized spacial score (nSPS) is 26.2. The average Bonchev–Trinajstić information content (AvgIpc) is 2.95. The Bertz CT molecular complexity index is 1230. The maximum Gasteiger partial charge on any atom is 0.412 e. The number of carbonyl (C=O) groups is 4. The summed E-state index contributed by atoms with van der Waals surface area (Å²) in [6.07, 6.45) is -3.42. The van der Waals surface area contributed by atoms with E-state index in [1.165, 1.54) is 0 Å². The van der Waals surface area contributed by atoms with E-state index in [1.54, 1.807) is 0 Å².